The molecule has 2 rings (SSSR count). The number of halogens is 2. The maximum atomic E-state index is 11.9. The Morgan fingerprint density at radius 3 is 2.94 bits per heavy atom. The molecule has 2 aromatic heterocycles. The van der Waals surface area contributed by atoms with E-state index in [4.69, 9.17) is 11.6 Å². The van der Waals surface area contributed by atoms with Gasteiger partial charge in [0.1, 0.15) is 9.63 Å². The number of aryl methyl sites for hydroxylation is 1. The second-order valence-electron chi connectivity index (χ2n) is 3.53. The fraction of sp³-hybridized carbons (Fsp3) is 0.182. The molecule has 4 nitrogen and oxygen atoms in total. The molecule has 0 aliphatic rings. The quantitative estimate of drug-likeness (QED) is 0.800. The van der Waals surface area contributed by atoms with Crippen molar-refractivity contribution in [1.82, 2.24) is 14.5 Å². The monoisotopic (exact) mass is 313 g/mol. The highest BCUT2D eigenvalue weighted by Gasteiger charge is 2.06. The lowest BCUT2D eigenvalue weighted by molar-refractivity contribution is 0.708. The minimum atomic E-state index is -0.126. The van der Waals surface area contributed by atoms with E-state index in [1.807, 2.05) is 6.07 Å². The summed E-state index contributed by atoms with van der Waals surface area (Å²) in [6, 6.07) is 5.30. The standard InChI is InChI=1S/C11H9BrClN3O/c1-7-10(12)11(17)16(6-14-7)5-8-3-2-4-9(13)15-8/h2-4,6H,5H2,1H3. The van der Waals surface area contributed by atoms with Crippen LogP contribution in [0.3, 0.4) is 0 Å². The summed E-state index contributed by atoms with van der Waals surface area (Å²) in [7, 11) is 0. The molecule has 0 bridgehead atoms. The van der Waals surface area contributed by atoms with Gasteiger partial charge in [-0.2, -0.15) is 0 Å². The van der Waals surface area contributed by atoms with Gasteiger partial charge in [-0.05, 0) is 35.0 Å². The molecule has 0 aromatic carbocycles. The topological polar surface area (TPSA) is 47.8 Å². The Labute approximate surface area is 111 Å². The molecule has 0 N–H and O–H groups in total. The summed E-state index contributed by atoms with van der Waals surface area (Å²) in [4.78, 5) is 20.1. The molecule has 0 aliphatic heterocycles. The lowest BCUT2D eigenvalue weighted by Gasteiger charge is -2.06. The first-order valence-corrected chi connectivity index (χ1v) is 6.08. The Morgan fingerprint density at radius 2 is 2.24 bits per heavy atom. The molecular formula is C11H9BrClN3O. The van der Waals surface area contributed by atoms with Crippen LogP contribution in [0.4, 0.5) is 0 Å². The van der Waals surface area contributed by atoms with E-state index in [9.17, 15) is 4.79 Å². The summed E-state index contributed by atoms with van der Waals surface area (Å²) in [6.07, 6.45) is 1.50. The summed E-state index contributed by atoms with van der Waals surface area (Å²) >= 11 is 9.00. The number of hydrogen-bond donors (Lipinski definition) is 0. The van der Waals surface area contributed by atoms with Gasteiger partial charge in [-0.3, -0.25) is 9.36 Å². The third-order valence-corrected chi connectivity index (χ3v) is 3.39. The Morgan fingerprint density at radius 1 is 1.47 bits per heavy atom. The highest BCUT2D eigenvalue weighted by Crippen LogP contribution is 2.08. The van der Waals surface area contributed by atoms with Crippen LogP contribution in [-0.2, 0) is 6.54 Å². The van der Waals surface area contributed by atoms with Gasteiger partial charge in [0.05, 0.1) is 24.3 Å². The van der Waals surface area contributed by atoms with Gasteiger partial charge in [-0.1, -0.05) is 17.7 Å². The number of nitrogens with zero attached hydrogens (tertiary/aromatic N) is 3. The molecule has 6 heteroatoms. The molecule has 0 aliphatic carbocycles. The average Bonchev–Trinajstić information content (AvgIpc) is 2.30. The van der Waals surface area contributed by atoms with Crippen LogP contribution in [0.5, 0.6) is 0 Å². The summed E-state index contributed by atoms with van der Waals surface area (Å²) in [5.41, 5.74) is 1.27. The molecule has 0 saturated carbocycles. The van der Waals surface area contributed by atoms with E-state index in [-0.39, 0.29) is 5.56 Å². The van der Waals surface area contributed by atoms with Crippen LogP contribution < -0.4 is 5.56 Å². The summed E-state index contributed by atoms with van der Waals surface area (Å²) < 4.78 is 1.96. The van der Waals surface area contributed by atoms with Crippen molar-refractivity contribution in [3.8, 4) is 0 Å². The summed E-state index contributed by atoms with van der Waals surface area (Å²) in [5.74, 6) is 0. The molecule has 2 aromatic rings. The Bertz CT molecular complexity index is 612. The molecule has 0 unspecified atom stereocenters. The zero-order chi connectivity index (χ0) is 12.4. The summed E-state index contributed by atoms with van der Waals surface area (Å²) in [6.45, 7) is 2.12. The van der Waals surface area contributed by atoms with E-state index in [2.05, 4.69) is 25.9 Å². The van der Waals surface area contributed by atoms with Gasteiger partial charge in [-0.25, -0.2) is 9.97 Å². The minimum absolute atomic E-state index is 0.126. The van der Waals surface area contributed by atoms with Crippen molar-refractivity contribution in [3.63, 3.8) is 0 Å². The fourth-order valence-corrected chi connectivity index (χ4v) is 1.88. The molecule has 2 heterocycles. The Balaban J connectivity index is 2.37. The van der Waals surface area contributed by atoms with Crippen molar-refractivity contribution in [2.75, 3.05) is 0 Å². The summed E-state index contributed by atoms with van der Waals surface area (Å²) in [5, 5.41) is 0.412. The van der Waals surface area contributed by atoms with Crippen molar-refractivity contribution in [3.05, 3.63) is 55.9 Å². The van der Waals surface area contributed by atoms with Crippen molar-refractivity contribution < 1.29 is 0 Å². The molecule has 0 atom stereocenters. The van der Waals surface area contributed by atoms with E-state index in [0.717, 1.165) is 5.69 Å². The molecule has 17 heavy (non-hydrogen) atoms. The van der Waals surface area contributed by atoms with E-state index < -0.39 is 0 Å². The largest absolute Gasteiger partial charge is 0.292 e. The lowest BCUT2D eigenvalue weighted by Crippen LogP contribution is -2.23. The van der Waals surface area contributed by atoms with Crippen LogP contribution in [0.1, 0.15) is 11.4 Å². The number of aromatic nitrogens is 3. The molecule has 88 valence electrons. The van der Waals surface area contributed by atoms with Gasteiger partial charge in [0.15, 0.2) is 0 Å². The number of hydrogen-bond acceptors (Lipinski definition) is 3. The molecule has 0 fully saturated rings. The van der Waals surface area contributed by atoms with Crippen LogP contribution >= 0.6 is 27.5 Å². The van der Waals surface area contributed by atoms with Gasteiger partial charge in [0, 0.05) is 0 Å². The van der Waals surface area contributed by atoms with Gasteiger partial charge in [-0.15, -0.1) is 0 Å². The van der Waals surface area contributed by atoms with E-state index in [0.29, 0.717) is 21.9 Å². The Kier molecular flexibility index (Phi) is 3.59. The van der Waals surface area contributed by atoms with Gasteiger partial charge < -0.3 is 0 Å². The maximum absolute atomic E-state index is 11.9. The predicted molar refractivity (Wildman–Crippen MR) is 69.3 cm³/mol. The zero-order valence-electron chi connectivity index (χ0n) is 9.02. The first-order valence-electron chi connectivity index (χ1n) is 4.91. The second-order valence-corrected chi connectivity index (χ2v) is 4.71. The van der Waals surface area contributed by atoms with Crippen molar-refractivity contribution in [2.24, 2.45) is 0 Å². The van der Waals surface area contributed by atoms with Crippen LogP contribution in [0.15, 0.2) is 33.8 Å². The SMILES string of the molecule is Cc1ncn(Cc2cccc(Cl)n2)c(=O)c1Br. The van der Waals surface area contributed by atoms with Gasteiger partial charge in [0.2, 0.25) is 0 Å². The minimum Gasteiger partial charge on any atom is -0.292 e. The fourth-order valence-electron chi connectivity index (χ4n) is 1.37. The van der Waals surface area contributed by atoms with E-state index in [1.54, 1.807) is 19.1 Å². The number of pyridine rings is 1. The van der Waals surface area contributed by atoms with Gasteiger partial charge in [0.25, 0.3) is 5.56 Å². The molecular weight excluding hydrogens is 305 g/mol. The van der Waals surface area contributed by atoms with Crippen LogP contribution in [0.25, 0.3) is 0 Å². The van der Waals surface area contributed by atoms with E-state index in [1.165, 1.54) is 10.9 Å². The highest BCUT2D eigenvalue weighted by atomic mass is 79.9. The van der Waals surface area contributed by atoms with Crippen molar-refractivity contribution in [2.45, 2.75) is 13.5 Å². The average molecular weight is 315 g/mol. The lowest BCUT2D eigenvalue weighted by atomic mass is 10.3. The molecule has 0 saturated heterocycles. The third-order valence-electron chi connectivity index (χ3n) is 2.26. The maximum Gasteiger partial charge on any atom is 0.268 e. The smallest absolute Gasteiger partial charge is 0.268 e. The van der Waals surface area contributed by atoms with Gasteiger partial charge >= 0.3 is 0 Å². The molecule has 0 spiro atoms. The van der Waals surface area contributed by atoms with Crippen LogP contribution in [0, 0.1) is 6.92 Å². The molecule has 0 radical (unpaired) electrons. The highest BCUT2D eigenvalue weighted by molar-refractivity contribution is 9.10. The first-order chi connectivity index (χ1) is 8.08. The normalized spacial score (nSPS) is 10.5. The zero-order valence-corrected chi connectivity index (χ0v) is 11.4. The first kappa shape index (κ1) is 12.3. The molecule has 0 amide bonds. The van der Waals surface area contributed by atoms with Crippen LogP contribution in [-0.4, -0.2) is 14.5 Å². The second kappa shape index (κ2) is 4.98. The third kappa shape index (κ3) is 2.73. The Hall–Kier alpha value is -1.20. The van der Waals surface area contributed by atoms with E-state index >= 15 is 0 Å². The van der Waals surface area contributed by atoms with Crippen molar-refractivity contribution in [1.29, 1.82) is 0 Å². The predicted octanol–water partition coefficient (Wildman–Crippen LogP) is 2.41. The van der Waals surface area contributed by atoms with Crippen LogP contribution in [0.2, 0.25) is 5.15 Å². The van der Waals surface area contributed by atoms with Crippen molar-refractivity contribution >= 4 is 27.5 Å². The number of rotatable bonds is 2.